The van der Waals surface area contributed by atoms with Gasteiger partial charge in [-0.25, -0.2) is 0 Å². The normalized spacial score (nSPS) is 21.8. The molecule has 70 valence electrons. The van der Waals surface area contributed by atoms with Gasteiger partial charge in [-0.1, -0.05) is 24.3 Å². The standard InChI is InChI=1S/C11H15NO/c1-13-7-11(12)10-6-8-4-2-3-5-9(8)10/h2-5,10-11H,6-7,12H2,1H3. The van der Waals surface area contributed by atoms with E-state index in [4.69, 9.17) is 10.5 Å². The molecule has 0 bridgehead atoms. The Morgan fingerprint density at radius 1 is 1.54 bits per heavy atom. The lowest BCUT2D eigenvalue weighted by atomic mass is 9.74. The molecular weight excluding hydrogens is 162 g/mol. The maximum absolute atomic E-state index is 5.98. The number of benzene rings is 1. The first-order valence-corrected chi connectivity index (χ1v) is 4.65. The first-order chi connectivity index (χ1) is 6.33. The van der Waals surface area contributed by atoms with Crippen molar-refractivity contribution >= 4 is 0 Å². The van der Waals surface area contributed by atoms with Crippen molar-refractivity contribution in [1.29, 1.82) is 0 Å². The van der Waals surface area contributed by atoms with Gasteiger partial charge in [0.2, 0.25) is 0 Å². The van der Waals surface area contributed by atoms with E-state index in [0.29, 0.717) is 12.5 Å². The van der Waals surface area contributed by atoms with E-state index < -0.39 is 0 Å². The third-order valence-electron chi connectivity index (χ3n) is 2.77. The topological polar surface area (TPSA) is 35.2 Å². The number of methoxy groups -OCH3 is 1. The monoisotopic (exact) mass is 177 g/mol. The highest BCUT2D eigenvalue weighted by atomic mass is 16.5. The third kappa shape index (κ3) is 1.47. The molecule has 0 radical (unpaired) electrons. The second kappa shape index (κ2) is 3.48. The lowest BCUT2D eigenvalue weighted by molar-refractivity contribution is 0.166. The van der Waals surface area contributed by atoms with E-state index in [1.54, 1.807) is 7.11 Å². The van der Waals surface area contributed by atoms with Crippen LogP contribution in [-0.4, -0.2) is 19.8 Å². The first kappa shape index (κ1) is 8.73. The summed E-state index contributed by atoms with van der Waals surface area (Å²) in [6.45, 7) is 0.652. The third-order valence-corrected chi connectivity index (χ3v) is 2.77. The quantitative estimate of drug-likeness (QED) is 0.755. The fourth-order valence-corrected chi connectivity index (χ4v) is 1.99. The van der Waals surface area contributed by atoms with Gasteiger partial charge in [-0.15, -0.1) is 0 Å². The van der Waals surface area contributed by atoms with Crippen molar-refractivity contribution in [2.24, 2.45) is 5.73 Å². The smallest absolute Gasteiger partial charge is 0.0619 e. The second-order valence-electron chi connectivity index (χ2n) is 3.63. The Hall–Kier alpha value is -0.860. The molecule has 1 aliphatic carbocycles. The van der Waals surface area contributed by atoms with E-state index in [1.807, 2.05) is 0 Å². The van der Waals surface area contributed by atoms with Gasteiger partial charge in [-0.2, -0.15) is 0 Å². The van der Waals surface area contributed by atoms with E-state index >= 15 is 0 Å². The maximum atomic E-state index is 5.98. The molecule has 0 spiro atoms. The van der Waals surface area contributed by atoms with Gasteiger partial charge in [0.05, 0.1) is 6.61 Å². The SMILES string of the molecule is COCC(N)C1Cc2ccccc21. The summed E-state index contributed by atoms with van der Waals surface area (Å²) in [5, 5.41) is 0. The zero-order valence-corrected chi connectivity index (χ0v) is 7.86. The minimum Gasteiger partial charge on any atom is -0.383 e. The predicted octanol–water partition coefficient (Wildman–Crippen LogP) is 1.30. The predicted molar refractivity (Wildman–Crippen MR) is 52.7 cm³/mol. The van der Waals surface area contributed by atoms with Crippen molar-refractivity contribution in [1.82, 2.24) is 0 Å². The van der Waals surface area contributed by atoms with Crippen molar-refractivity contribution in [2.75, 3.05) is 13.7 Å². The first-order valence-electron chi connectivity index (χ1n) is 4.65. The van der Waals surface area contributed by atoms with Crippen LogP contribution in [0.15, 0.2) is 24.3 Å². The van der Waals surface area contributed by atoms with Crippen LogP contribution in [0.4, 0.5) is 0 Å². The molecule has 0 saturated carbocycles. The fraction of sp³-hybridized carbons (Fsp3) is 0.455. The van der Waals surface area contributed by atoms with Crippen LogP contribution in [0.5, 0.6) is 0 Å². The van der Waals surface area contributed by atoms with Crippen LogP contribution in [-0.2, 0) is 11.2 Å². The summed E-state index contributed by atoms with van der Waals surface area (Å²) in [4.78, 5) is 0. The molecule has 2 rings (SSSR count). The molecule has 2 atom stereocenters. The van der Waals surface area contributed by atoms with Crippen molar-refractivity contribution in [3.8, 4) is 0 Å². The van der Waals surface area contributed by atoms with Gasteiger partial charge in [0.15, 0.2) is 0 Å². The Bertz CT molecular complexity index is 298. The van der Waals surface area contributed by atoms with Crippen LogP contribution in [0.1, 0.15) is 17.0 Å². The molecule has 2 heteroatoms. The van der Waals surface area contributed by atoms with E-state index in [1.165, 1.54) is 11.1 Å². The number of hydrogen-bond donors (Lipinski definition) is 1. The lowest BCUT2D eigenvalue weighted by Gasteiger charge is -2.34. The van der Waals surface area contributed by atoms with Crippen molar-refractivity contribution < 1.29 is 4.74 Å². The van der Waals surface area contributed by atoms with Crippen LogP contribution in [0.3, 0.4) is 0 Å². The maximum Gasteiger partial charge on any atom is 0.0619 e. The Balaban J connectivity index is 2.08. The Morgan fingerprint density at radius 2 is 2.31 bits per heavy atom. The van der Waals surface area contributed by atoms with E-state index in [0.717, 1.165) is 6.42 Å². The molecule has 0 fully saturated rings. The summed E-state index contributed by atoms with van der Waals surface area (Å²) in [6.07, 6.45) is 1.11. The summed E-state index contributed by atoms with van der Waals surface area (Å²) < 4.78 is 5.05. The molecule has 1 aliphatic rings. The molecular formula is C11H15NO. The van der Waals surface area contributed by atoms with Gasteiger partial charge in [0.25, 0.3) is 0 Å². The summed E-state index contributed by atoms with van der Waals surface area (Å²) in [7, 11) is 1.70. The van der Waals surface area contributed by atoms with Crippen LogP contribution in [0, 0.1) is 0 Å². The highest BCUT2D eigenvalue weighted by Crippen LogP contribution is 2.36. The zero-order valence-electron chi connectivity index (χ0n) is 7.86. The number of rotatable bonds is 3. The van der Waals surface area contributed by atoms with Gasteiger partial charge >= 0.3 is 0 Å². The molecule has 0 saturated heterocycles. The molecule has 2 unspecified atom stereocenters. The van der Waals surface area contributed by atoms with Gasteiger partial charge in [0.1, 0.15) is 0 Å². The number of hydrogen-bond acceptors (Lipinski definition) is 2. The van der Waals surface area contributed by atoms with Gasteiger partial charge in [-0.3, -0.25) is 0 Å². The Morgan fingerprint density at radius 3 is 3.00 bits per heavy atom. The van der Waals surface area contributed by atoms with Crippen LogP contribution >= 0.6 is 0 Å². The average Bonchev–Trinajstić information content (AvgIpc) is 2.07. The summed E-state index contributed by atoms with van der Waals surface area (Å²) in [5.41, 5.74) is 8.83. The molecule has 1 aromatic carbocycles. The van der Waals surface area contributed by atoms with E-state index in [-0.39, 0.29) is 6.04 Å². The van der Waals surface area contributed by atoms with Crippen molar-refractivity contribution in [2.45, 2.75) is 18.4 Å². The van der Waals surface area contributed by atoms with E-state index in [2.05, 4.69) is 24.3 Å². The summed E-state index contributed by atoms with van der Waals surface area (Å²) in [6, 6.07) is 8.64. The highest BCUT2D eigenvalue weighted by Gasteiger charge is 2.30. The number of nitrogens with two attached hydrogens (primary N) is 1. The minimum absolute atomic E-state index is 0.153. The van der Waals surface area contributed by atoms with Gasteiger partial charge in [0, 0.05) is 19.1 Å². The molecule has 0 amide bonds. The molecule has 2 N–H and O–H groups in total. The molecule has 0 aliphatic heterocycles. The average molecular weight is 177 g/mol. The number of fused-ring (bicyclic) bond motifs is 1. The molecule has 0 heterocycles. The lowest BCUT2D eigenvalue weighted by Crippen LogP contribution is -2.38. The molecule has 1 aromatic rings. The summed E-state index contributed by atoms with van der Waals surface area (Å²) >= 11 is 0. The number of ether oxygens (including phenoxy) is 1. The van der Waals surface area contributed by atoms with Crippen molar-refractivity contribution in [3.63, 3.8) is 0 Å². The minimum atomic E-state index is 0.153. The Labute approximate surface area is 78.7 Å². The molecule has 0 aromatic heterocycles. The van der Waals surface area contributed by atoms with Crippen LogP contribution < -0.4 is 5.73 Å². The fourth-order valence-electron chi connectivity index (χ4n) is 1.99. The van der Waals surface area contributed by atoms with Crippen LogP contribution in [0.25, 0.3) is 0 Å². The molecule has 2 nitrogen and oxygen atoms in total. The van der Waals surface area contributed by atoms with Gasteiger partial charge < -0.3 is 10.5 Å². The molecule has 13 heavy (non-hydrogen) atoms. The second-order valence-corrected chi connectivity index (χ2v) is 3.63. The largest absolute Gasteiger partial charge is 0.383 e. The highest BCUT2D eigenvalue weighted by molar-refractivity contribution is 5.41. The van der Waals surface area contributed by atoms with Crippen molar-refractivity contribution in [3.05, 3.63) is 35.4 Å². The summed E-state index contributed by atoms with van der Waals surface area (Å²) in [5.74, 6) is 0.510. The Kier molecular flexibility index (Phi) is 2.34. The zero-order chi connectivity index (χ0) is 9.26. The van der Waals surface area contributed by atoms with E-state index in [9.17, 15) is 0 Å². The van der Waals surface area contributed by atoms with Crippen LogP contribution in [0.2, 0.25) is 0 Å². The van der Waals surface area contributed by atoms with Gasteiger partial charge in [-0.05, 0) is 17.5 Å².